The third-order valence-corrected chi connectivity index (χ3v) is 1.40. The smallest absolute Gasteiger partial charge is 0.0793 e. The molecule has 2 N–H and O–H groups in total. The highest BCUT2D eigenvalue weighted by atomic mass is 14.9. The Labute approximate surface area is 44.4 Å². The number of hydrogen-bond acceptors (Lipinski definition) is 0. The highest BCUT2D eigenvalue weighted by Crippen LogP contribution is 2.00. The van der Waals surface area contributed by atoms with Gasteiger partial charge in [-0.1, -0.05) is 12.2 Å². The molecule has 1 nitrogen and oxygen atoms in total. The Morgan fingerprint density at radius 2 is 1.86 bits per heavy atom. The first-order valence-corrected chi connectivity index (χ1v) is 2.88. The average Bonchev–Trinajstić information content (AvgIpc) is 1.69. The first-order chi connectivity index (χ1) is 3.39. The molecule has 0 spiro atoms. The van der Waals surface area contributed by atoms with Crippen molar-refractivity contribution in [2.75, 3.05) is 13.1 Å². The molecule has 0 bridgehead atoms. The fraction of sp³-hybridized carbons (Fsp3) is 0.667. The molecule has 0 aromatic heterocycles. The second-order valence-corrected chi connectivity index (χ2v) is 2.12. The molecule has 0 aromatic carbocycles. The molecular weight excluding hydrogens is 86.1 g/mol. The van der Waals surface area contributed by atoms with Crippen LogP contribution in [0.2, 0.25) is 0 Å². The first-order valence-electron chi connectivity index (χ1n) is 2.88. The van der Waals surface area contributed by atoms with E-state index in [0.717, 1.165) is 0 Å². The summed E-state index contributed by atoms with van der Waals surface area (Å²) in [5, 5.41) is 2.34. The van der Waals surface area contributed by atoms with Crippen molar-refractivity contribution in [2.45, 2.75) is 12.8 Å². The van der Waals surface area contributed by atoms with Gasteiger partial charge >= 0.3 is 0 Å². The van der Waals surface area contributed by atoms with E-state index in [-0.39, 0.29) is 0 Å². The van der Waals surface area contributed by atoms with Crippen LogP contribution in [0.1, 0.15) is 12.8 Å². The highest BCUT2D eigenvalue weighted by Gasteiger charge is 2.02. The fourth-order valence-electron chi connectivity index (χ4n) is 0.882. The maximum atomic E-state index is 3.89. The van der Waals surface area contributed by atoms with Gasteiger partial charge in [0, 0.05) is 12.8 Å². The Morgan fingerprint density at radius 1 is 1.29 bits per heavy atom. The summed E-state index contributed by atoms with van der Waals surface area (Å²) in [6.45, 7) is 6.42. The van der Waals surface area contributed by atoms with Gasteiger partial charge in [-0.05, 0) is 0 Å². The zero-order chi connectivity index (χ0) is 5.11. The van der Waals surface area contributed by atoms with E-state index >= 15 is 0 Å². The van der Waals surface area contributed by atoms with Gasteiger partial charge in [-0.3, -0.25) is 0 Å². The Bertz CT molecular complexity index is 68.2. The van der Waals surface area contributed by atoms with Crippen LogP contribution in [0.4, 0.5) is 0 Å². The predicted octanol–water partition coefficient (Wildman–Crippen LogP) is -0.100. The first kappa shape index (κ1) is 4.85. The van der Waals surface area contributed by atoms with Gasteiger partial charge in [-0.25, -0.2) is 0 Å². The van der Waals surface area contributed by atoms with E-state index in [1.54, 1.807) is 0 Å². The zero-order valence-electron chi connectivity index (χ0n) is 4.61. The second kappa shape index (κ2) is 2.12. The van der Waals surface area contributed by atoms with Gasteiger partial charge in [0.15, 0.2) is 0 Å². The molecule has 40 valence electrons. The van der Waals surface area contributed by atoms with Gasteiger partial charge in [0.25, 0.3) is 0 Å². The van der Waals surface area contributed by atoms with Crippen molar-refractivity contribution in [1.29, 1.82) is 0 Å². The molecule has 1 saturated heterocycles. The lowest BCUT2D eigenvalue weighted by atomic mass is 10.1. The molecule has 1 aliphatic rings. The number of piperidine rings is 1. The minimum Gasteiger partial charge on any atom is -0.346 e. The Morgan fingerprint density at radius 3 is 2.14 bits per heavy atom. The van der Waals surface area contributed by atoms with Crippen molar-refractivity contribution in [3.05, 3.63) is 12.2 Å². The molecule has 1 heterocycles. The van der Waals surface area contributed by atoms with E-state index in [2.05, 4.69) is 11.9 Å². The molecule has 0 amide bonds. The standard InChI is InChI=1S/C6H11N/c1-6-2-4-7-5-3-6/h7H,1-5H2/p+1. The quantitative estimate of drug-likeness (QED) is 0.407. The molecule has 0 saturated carbocycles. The number of rotatable bonds is 0. The lowest BCUT2D eigenvalue weighted by molar-refractivity contribution is -0.658. The van der Waals surface area contributed by atoms with Crippen molar-refractivity contribution in [3.63, 3.8) is 0 Å². The normalized spacial score (nSPS) is 22.6. The monoisotopic (exact) mass is 98.1 g/mol. The summed E-state index contributed by atoms with van der Waals surface area (Å²) in [5.41, 5.74) is 1.43. The van der Waals surface area contributed by atoms with Gasteiger partial charge < -0.3 is 5.32 Å². The van der Waals surface area contributed by atoms with Gasteiger partial charge in [-0.2, -0.15) is 0 Å². The maximum Gasteiger partial charge on any atom is 0.0793 e. The van der Waals surface area contributed by atoms with E-state index in [0.29, 0.717) is 0 Å². The van der Waals surface area contributed by atoms with Crippen LogP contribution in [0, 0.1) is 0 Å². The highest BCUT2D eigenvalue weighted by molar-refractivity contribution is 4.94. The summed E-state index contributed by atoms with van der Waals surface area (Å²) in [5.74, 6) is 0. The molecule has 0 aliphatic carbocycles. The van der Waals surface area contributed by atoms with Gasteiger partial charge in [0.1, 0.15) is 0 Å². The lowest BCUT2D eigenvalue weighted by Gasteiger charge is -2.09. The van der Waals surface area contributed by atoms with Crippen molar-refractivity contribution in [2.24, 2.45) is 0 Å². The summed E-state index contributed by atoms with van der Waals surface area (Å²) in [6, 6.07) is 0. The maximum absolute atomic E-state index is 3.89. The minimum absolute atomic E-state index is 1.24. The Hall–Kier alpha value is -0.300. The summed E-state index contributed by atoms with van der Waals surface area (Å²) in [4.78, 5) is 0. The minimum atomic E-state index is 1.24. The topological polar surface area (TPSA) is 16.6 Å². The Balaban J connectivity index is 2.25. The average molecular weight is 98.2 g/mol. The lowest BCUT2D eigenvalue weighted by Crippen LogP contribution is -2.85. The largest absolute Gasteiger partial charge is 0.346 e. The number of nitrogens with two attached hydrogens (primary N) is 1. The van der Waals surface area contributed by atoms with Crippen LogP contribution in [0.3, 0.4) is 0 Å². The Kier molecular flexibility index (Phi) is 1.47. The molecule has 0 unspecified atom stereocenters. The van der Waals surface area contributed by atoms with Gasteiger partial charge in [0.2, 0.25) is 0 Å². The molecule has 1 fully saturated rings. The van der Waals surface area contributed by atoms with Crippen molar-refractivity contribution in [1.82, 2.24) is 0 Å². The van der Waals surface area contributed by atoms with E-state index < -0.39 is 0 Å². The number of hydrogen-bond donors (Lipinski definition) is 1. The van der Waals surface area contributed by atoms with Crippen LogP contribution in [-0.4, -0.2) is 13.1 Å². The van der Waals surface area contributed by atoms with Crippen LogP contribution >= 0.6 is 0 Å². The molecular formula is C6H12N+. The van der Waals surface area contributed by atoms with E-state index in [1.807, 2.05) is 0 Å². The van der Waals surface area contributed by atoms with Gasteiger partial charge in [0.05, 0.1) is 13.1 Å². The molecule has 1 heteroatoms. The van der Waals surface area contributed by atoms with E-state index in [9.17, 15) is 0 Å². The SMILES string of the molecule is C=C1CC[NH2+]CC1. The molecule has 7 heavy (non-hydrogen) atoms. The summed E-state index contributed by atoms with van der Waals surface area (Å²) < 4.78 is 0. The summed E-state index contributed by atoms with van der Waals surface area (Å²) in [6.07, 6.45) is 2.47. The van der Waals surface area contributed by atoms with Crippen LogP contribution in [0.5, 0.6) is 0 Å². The van der Waals surface area contributed by atoms with Crippen molar-refractivity contribution >= 4 is 0 Å². The van der Waals surface area contributed by atoms with Crippen molar-refractivity contribution in [3.8, 4) is 0 Å². The second-order valence-electron chi connectivity index (χ2n) is 2.12. The van der Waals surface area contributed by atoms with E-state index in [4.69, 9.17) is 0 Å². The zero-order valence-corrected chi connectivity index (χ0v) is 4.61. The molecule has 1 rings (SSSR count). The third-order valence-electron chi connectivity index (χ3n) is 1.40. The van der Waals surface area contributed by atoms with Crippen LogP contribution in [-0.2, 0) is 0 Å². The summed E-state index contributed by atoms with van der Waals surface area (Å²) in [7, 11) is 0. The van der Waals surface area contributed by atoms with Crippen LogP contribution in [0.25, 0.3) is 0 Å². The fourth-order valence-corrected chi connectivity index (χ4v) is 0.882. The van der Waals surface area contributed by atoms with Crippen molar-refractivity contribution < 1.29 is 5.32 Å². The van der Waals surface area contributed by atoms with Gasteiger partial charge in [-0.15, -0.1) is 0 Å². The van der Waals surface area contributed by atoms with E-state index in [1.165, 1.54) is 31.5 Å². The predicted molar refractivity (Wildman–Crippen MR) is 30.0 cm³/mol. The third kappa shape index (κ3) is 1.32. The molecule has 0 radical (unpaired) electrons. The van der Waals surface area contributed by atoms with Crippen LogP contribution < -0.4 is 5.32 Å². The number of quaternary nitrogens is 1. The van der Waals surface area contributed by atoms with Crippen LogP contribution in [0.15, 0.2) is 12.2 Å². The molecule has 0 atom stereocenters. The molecule has 0 aromatic rings. The summed E-state index contributed by atoms with van der Waals surface area (Å²) >= 11 is 0. The molecule has 1 aliphatic heterocycles.